The van der Waals surface area contributed by atoms with E-state index < -0.39 is 23.6 Å². The lowest BCUT2D eigenvalue weighted by molar-refractivity contribution is -0.143. The summed E-state index contributed by atoms with van der Waals surface area (Å²) in [4.78, 5) is 40.7. The van der Waals surface area contributed by atoms with Crippen LogP contribution >= 0.6 is 0 Å². The molecule has 0 heterocycles. The van der Waals surface area contributed by atoms with Crippen molar-refractivity contribution < 1.29 is 24.2 Å². The van der Waals surface area contributed by atoms with Crippen LogP contribution in [0.3, 0.4) is 0 Å². The number of aryl methyl sites for hydroxylation is 1. The van der Waals surface area contributed by atoms with Crippen LogP contribution in [0.1, 0.15) is 90.3 Å². The number of aromatic hydroxyl groups is 1. The maximum atomic E-state index is 13.6. The fraction of sp³-hybridized carbons (Fsp3) is 0.654. The summed E-state index contributed by atoms with van der Waals surface area (Å²) >= 11 is 0. The molecule has 1 aliphatic rings. The maximum Gasteiger partial charge on any atom is 0.408 e. The molecule has 0 spiro atoms. The van der Waals surface area contributed by atoms with E-state index in [1.165, 1.54) is 4.90 Å². The number of alkyl carbamates (subject to hydrolysis) is 1. The van der Waals surface area contributed by atoms with Gasteiger partial charge in [-0.15, -0.1) is 0 Å². The van der Waals surface area contributed by atoms with Crippen molar-refractivity contribution in [2.24, 2.45) is 0 Å². The smallest absolute Gasteiger partial charge is 0.408 e. The van der Waals surface area contributed by atoms with Gasteiger partial charge in [-0.1, -0.05) is 44.4 Å². The number of benzene rings is 1. The number of phenols is 1. The van der Waals surface area contributed by atoms with E-state index in [1.807, 2.05) is 13.8 Å². The Morgan fingerprint density at radius 2 is 1.82 bits per heavy atom. The van der Waals surface area contributed by atoms with Crippen LogP contribution in [0.5, 0.6) is 5.75 Å². The average Bonchev–Trinajstić information content (AvgIpc) is 2.77. The number of hydrogen-bond acceptors (Lipinski definition) is 5. The molecule has 2 unspecified atom stereocenters. The van der Waals surface area contributed by atoms with Crippen molar-refractivity contribution in [2.45, 2.75) is 104 Å². The molecule has 0 saturated heterocycles. The maximum absolute atomic E-state index is 13.6. The number of carbonyl (C=O) groups is 3. The lowest BCUT2D eigenvalue weighted by Crippen LogP contribution is -2.52. The number of nitrogens with one attached hydrogen (secondary N) is 2. The van der Waals surface area contributed by atoms with Gasteiger partial charge in [0.1, 0.15) is 23.9 Å². The minimum Gasteiger partial charge on any atom is -0.507 e. The van der Waals surface area contributed by atoms with E-state index in [-0.39, 0.29) is 30.3 Å². The first-order valence-electron chi connectivity index (χ1n) is 12.3. The Morgan fingerprint density at radius 3 is 2.41 bits per heavy atom. The van der Waals surface area contributed by atoms with Gasteiger partial charge in [0.2, 0.25) is 11.8 Å². The Labute approximate surface area is 203 Å². The molecule has 0 aromatic heterocycles. The molecule has 8 heteroatoms. The first-order chi connectivity index (χ1) is 15.9. The van der Waals surface area contributed by atoms with Crippen LogP contribution in [0.4, 0.5) is 4.79 Å². The highest BCUT2D eigenvalue weighted by molar-refractivity contribution is 5.91. The van der Waals surface area contributed by atoms with Gasteiger partial charge in [-0.2, -0.15) is 0 Å². The summed E-state index contributed by atoms with van der Waals surface area (Å²) in [6, 6.07) is 3.92. The predicted octanol–water partition coefficient (Wildman–Crippen LogP) is 4.34. The molecule has 1 saturated carbocycles. The number of phenolic OH excluding ortho intramolecular Hbond substituents is 1. The number of ether oxygens (including phenoxy) is 1. The molecule has 1 aromatic carbocycles. The number of para-hydroxylation sites is 1. The minimum absolute atomic E-state index is 0.00695. The molecular formula is C26H41N3O5. The van der Waals surface area contributed by atoms with E-state index >= 15 is 0 Å². The van der Waals surface area contributed by atoms with Gasteiger partial charge in [0.15, 0.2) is 0 Å². The minimum atomic E-state index is -1.02. The zero-order valence-electron chi connectivity index (χ0n) is 21.4. The molecule has 34 heavy (non-hydrogen) atoms. The van der Waals surface area contributed by atoms with Crippen molar-refractivity contribution in [3.8, 4) is 5.75 Å². The Bertz CT molecular complexity index is 858. The van der Waals surface area contributed by atoms with Crippen LogP contribution in [0.15, 0.2) is 18.2 Å². The zero-order chi connectivity index (χ0) is 25.5. The summed E-state index contributed by atoms with van der Waals surface area (Å²) in [6.45, 7) is 10.5. The monoisotopic (exact) mass is 475 g/mol. The van der Waals surface area contributed by atoms with Crippen LogP contribution in [0, 0.1) is 6.92 Å². The standard InChI is InChI=1S/C26H41N3O5/c1-7-18(3)29(21(30)16-27-25(33)34-26(4,5)6)22(20-15-11-12-17(2)23(20)31)24(32)28-19-13-9-8-10-14-19/h11-12,15,18-19,22,31H,7-10,13-14,16H2,1-6H3,(H,27,33)(H,28,32). The molecule has 1 fully saturated rings. The summed E-state index contributed by atoms with van der Waals surface area (Å²) in [5.41, 5.74) is 0.301. The molecule has 1 aromatic rings. The molecule has 0 radical (unpaired) electrons. The third-order valence-electron chi connectivity index (χ3n) is 6.18. The number of rotatable bonds is 8. The molecule has 0 bridgehead atoms. The largest absolute Gasteiger partial charge is 0.507 e. The van der Waals surface area contributed by atoms with Crippen LogP contribution in [0.25, 0.3) is 0 Å². The van der Waals surface area contributed by atoms with Gasteiger partial charge in [0.05, 0.1) is 0 Å². The van der Waals surface area contributed by atoms with Crippen molar-refractivity contribution in [2.75, 3.05) is 6.54 Å². The van der Waals surface area contributed by atoms with Gasteiger partial charge in [0, 0.05) is 17.6 Å². The van der Waals surface area contributed by atoms with Crippen molar-refractivity contribution >= 4 is 17.9 Å². The summed E-state index contributed by atoms with van der Waals surface area (Å²) in [7, 11) is 0. The highest BCUT2D eigenvalue weighted by Gasteiger charge is 2.37. The number of amides is 3. The lowest BCUT2D eigenvalue weighted by atomic mass is 9.94. The highest BCUT2D eigenvalue weighted by atomic mass is 16.6. The first-order valence-corrected chi connectivity index (χ1v) is 12.3. The van der Waals surface area contributed by atoms with E-state index in [0.717, 1.165) is 32.1 Å². The molecule has 0 aliphatic heterocycles. The Morgan fingerprint density at radius 1 is 1.18 bits per heavy atom. The van der Waals surface area contributed by atoms with Crippen LogP contribution in [0.2, 0.25) is 0 Å². The Balaban J connectivity index is 2.37. The van der Waals surface area contributed by atoms with Gasteiger partial charge in [-0.3, -0.25) is 9.59 Å². The summed E-state index contributed by atoms with van der Waals surface area (Å²) < 4.78 is 5.24. The second kappa shape index (κ2) is 12.1. The first kappa shape index (κ1) is 27.5. The summed E-state index contributed by atoms with van der Waals surface area (Å²) in [5.74, 6) is -0.754. The Hall–Kier alpha value is -2.77. The van der Waals surface area contributed by atoms with Crippen molar-refractivity contribution in [1.82, 2.24) is 15.5 Å². The van der Waals surface area contributed by atoms with Gasteiger partial charge in [-0.25, -0.2) is 4.79 Å². The SMILES string of the molecule is CCC(C)N(C(=O)CNC(=O)OC(C)(C)C)C(C(=O)NC1CCCCC1)c1cccc(C)c1O. The van der Waals surface area contributed by atoms with Gasteiger partial charge in [-0.05, 0) is 59.4 Å². The predicted molar refractivity (Wildman–Crippen MR) is 131 cm³/mol. The van der Waals surface area contributed by atoms with Crippen LogP contribution in [-0.2, 0) is 14.3 Å². The lowest BCUT2D eigenvalue weighted by Gasteiger charge is -2.37. The number of carbonyl (C=O) groups excluding carboxylic acids is 3. The van der Waals surface area contributed by atoms with Crippen molar-refractivity contribution in [3.05, 3.63) is 29.3 Å². The topological polar surface area (TPSA) is 108 Å². The van der Waals surface area contributed by atoms with E-state index in [0.29, 0.717) is 17.5 Å². The second-order valence-electron chi connectivity index (χ2n) is 10.2. The highest BCUT2D eigenvalue weighted by Crippen LogP contribution is 2.34. The van der Waals surface area contributed by atoms with E-state index in [9.17, 15) is 19.5 Å². The Kier molecular flexibility index (Phi) is 9.77. The molecule has 3 amide bonds. The third kappa shape index (κ3) is 7.64. The fourth-order valence-electron chi connectivity index (χ4n) is 4.24. The summed E-state index contributed by atoms with van der Waals surface area (Å²) in [5, 5.41) is 16.5. The zero-order valence-corrected chi connectivity index (χ0v) is 21.4. The van der Waals surface area contributed by atoms with Crippen LogP contribution in [-0.4, -0.2) is 52.1 Å². The van der Waals surface area contributed by atoms with Crippen LogP contribution < -0.4 is 10.6 Å². The average molecular weight is 476 g/mol. The normalized spacial score (nSPS) is 16.3. The molecule has 3 N–H and O–H groups in total. The van der Waals surface area contributed by atoms with E-state index in [4.69, 9.17) is 4.74 Å². The van der Waals surface area contributed by atoms with E-state index in [2.05, 4.69) is 10.6 Å². The fourth-order valence-corrected chi connectivity index (χ4v) is 4.24. The molecule has 2 rings (SSSR count). The number of hydrogen-bond donors (Lipinski definition) is 3. The third-order valence-corrected chi connectivity index (χ3v) is 6.18. The van der Waals surface area contributed by atoms with Crippen molar-refractivity contribution in [3.63, 3.8) is 0 Å². The second-order valence-corrected chi connectivity index (χ2v) is 10.2. The molecule has 1 aliphatic carbocycles. The summed E-state index contributed by atoms with van der Waals surface area (Å²) in [6.07, 6.45) is 4.95. The van der Waals surface area contributed by atoms with Gasteiger partial charge in [0.25, 0.3) is 0 Å². The quantitative estimate of drug-likeness (QED) is 0.518. The van der Waals surface area contributed by atoms with Gasteiger partial charge >= 0.3 is 6.09 Å². The number of nitrogens with zero attached hydrogens (tertiary/aromatic N) is 1. The molecular weight excluding hydrogens is 434 g/mol. The van der Waals surface area contributed by atoms with Crippen molar-refractivity contribution in [1.29, 1.82) is 0 Å². The molecule has 2 atom stereocenters. The van der Waals surface area contributed by atoms with E-state index in [1.54, 1.807) is 45.9 Å². The molecule has 8 nitrogen and oxygen atoms in total. The van der Waals surface area contributed by atoms with Gasteiger partial charge < -0.3 is 25.4 Å². The molecule has 190 valence electrons.